The fourth-order valence-corrected chi connectivity index (χ4v) is 6.34. The second-order valence-electron chi connectivity index (χ2n) is 11.6. The van der Waals surface area contributed by atoms with Gasteiger partial charge in [0.2, 0.25) is 0 Å². The normalized spacial score (nSPS) is 27.3. The molecule has 2 heterocycles. The third-order valence-electron chi connectivity index (χ3n) is 8.33. The maximum atomic E-state index is 13.5. The van der Waals surface area contributed by atoms with Crippen LogP contribution in [0.3, 0.4) is 0 Å². The first-order valence-corrected chi connectivity index (χ1v) is 16.9. The van der Waals surface area contributed by atoms with Gasteiger partial charge in [-0.1, -0.05) is 57.4 Å². The van der Waals surface area contributed by atoms with Crippen molar-refractivity contribution in [3.05, 3.63) is 122 Å². The Balaban J connectivity index is 1.42. The highest BCUT2D eigenvalue weighted by molar-refractivity contribution is 9.09. The van der Waals surface area contributed by atoms with Gasteiger partial charge >= 0.3 is 11.9 Å². The van der Waals surface area contributed by atoms with Gasteiger partial charge in [0.25, 0.3) is 11.6 Å². The molecule has 0 bridgehead atoms. The zero-order chi connectivity index (χ0) is 36.5. The predicted octanol–water partition coefficient (Wildman–Crippen LogP) is 5.11. The summed E-state index contributed by atoms with van der Waals surface area (Å²) in [4.78, 5) is 53.2. The number of rotatable bonds is 12. The molecule has 2 fully saturated rings. The van der Waals surface area contributed by atoms with Crippen LogP contribution in [0.4, 0.5) is 5.69 Å². The number of amides is 1. The number of carbonyl (C=O) groups is 3. The molecule has 268 valence electrons. The van der Waals surface area contributed by atoms with Gasteiger partial charge in [-0.2, -0.15) is 0 Å². The molecule has 0 aromatic heterocycles. The number of nitro benzene ring substituents is 1. The number of methoxy groups -OCH3 is 1. The van der Waals surface area contributed by atoms with Gasteiger partial charge in [0.15, 0.2) is 18.7 Å². The Bertz CT molecular complexity index is 1660. The number of esters is 2. The molecule has 16 nitrogen and oxygen atoms in total. The minimum absolute atomic E-state index is 0.0413. The molecule has 2 aliphatic rings. The van der Waals surface area contributed by atoms with Crippen molar-refractivity contribution in [1.82, 2.24) is 5.32 Å². The molecule has 0 spiro atoms. The largest absolute Gasteiger partial charge is 0.456 e. The van der Waals surface area contributed by atoms with Gasteiger partial charge < -0.3 is 33.7 Å². The van der Waals surface area contributed by atoms with Crippen LogP contribution in [-0.2, 0) is 28.4 Å². The van der Waals surface area contributed by atoms with Gasteiger partial charge in [-0.05, 0) is 48.9 Å². The van der Waals surface area contributed by atoms with Gasteiger partial charge in [0, 0.05) is 41.5 Å². The number of carbonyl (C=O) groups excluding carboxylic acids is 3. The quantitative estimate of drug-likeness (QED) is 0.0487. The van der Waals surface area contributed by atoms with Crippen LogP contribution in [0.1, 0.15) is 44.4 Å². The van der Waals surface area contributed by atoms with Crippen LogP contribution in [0.25, 0.3) is 10.4 Å². The van der Waals surface area contributed by atoms with E-state index in [9.17, 15) is 30.0 Å². The van der Waals surface area contributed by atoms with Crippen LogP contribution in [0.15, 0.2) is 90.0 Å². The van der Waals surface area contributed by atoms with Crippen LogP contribution in [0, 0.1) is 10.1 Å². The van der Waals surface area contributed by atoms with Gasteiger partial charge in [-0.3, -0.25) is 14.9 Å². The van der Waals surface area contributed by atoms with Crippen molar-refractivity contribution in [1.29, 1.82) is 0 Å². The molecule has 0 unspecified atom stereocenters. The first-order chi connectivity index (χ1) is 24.6. The van der Waals surface area contributed by atoms with E-state index in [1.807, 2.05) is 0 Å². The number of azide groups is 1. The maximum absolute atomic E-state index is 13.5. The summed E-state index contributed by atoms with van der Waals surface area (Å²) in [5.41, 5.74) is 9.88. The van der Waals surface area contributed by atoms with E-state index in [-0.39, 0.29) is 28.6 Å². The van der Waals surface area contributed by atoms with E-state index in [1.54, 1.807) is 67.6 Å². The van der Waals surface area contributed by atoms with Gasteiger partial charge in [0.1, 0.15) is 24.4 Å². The summed E-state index contributed by atoms with van der Waals surface area (Å²) < 4.78 is 36.2. The molecule has 3 aromatic carbocycles. The predicted molar refractivity (Wildman–Crippen MR) is 182 cm³/mol. The molecule has 17 heteroatoms. The smallest absolute Gasteiger partial charge is 0.338 e. The molecular formula is C34H34BrN5O11. The molecule has 0 saturated carbocycles. The van der Waals surface area contributed by atoms with Crippen LogP contribution in [0.5, 0.6) is 0 Å². The average Bonchev–Trinajstić information content (AvgIpc) is 3.15. The number of hydrogen-bond donors (Lipinski definition) is 1. The summed E-state index contributed by atoms with van der Waals surface area (Å²) in [6, 6.07) is 19.5. The summed E-state index contributed by atoms with van der Waals surface area (Å²) in [7, 11) is 1.39. The lowest BCUT2D eigenvalue weighted by Gasteiger charge is -2.47. The Hall–Kier alpha value is -4.90. The van der Waals surface area contributed by atoms with E-state index in [0.717, 1.165) is 0 Å². The first kappa shape index (κ1) is 37.4. The number of non-ortho nitro benzene ring substituents is 1. The fraction of sp³-hybridized carbons (Fsp3) is 0.382. The molecule has 2 aliphatic heterocycles. The Morgan fingerprint density at radius 2 is 1.51 bits per heavy atom. The summed E-state index contributed by atoms with van der Waals surface area (Å²) in [5.74, 6) is -1.96. The zero-order valence-corrected chi connectivity index (χ0v) is 28.9. The standard InChI is InChI=1S/C34H34BrN5O11/c1-19-28(50-33(43)22-13-15-23(16-14-22)40(44)45)24(38-39-36)17-26(47-19)49-30-27(37-31(41)20-9-5-3-6-10-20)34(46-2)48-25(18-35)29(30)51-32(42)21-11-7-4-8-12-21/h3-16,19,24-30,34H,17-18H2,1-2H3,(H,37,41)/t19-,24+,25+,26-,27+,28-,29+,30+,34-/m0/s1. The van der Waals surface area contributed by atoms with Crippen molar-refractivity contribution in [3.63, 3.8) is 0 Å². The number of ether oxygens (including phenoxy) is 6. The third kappa shape index (κ3) is 9.07. The van der Waals surface area contributed by atoms with Crippen molar-refractivity contribution >= 4 is 39.5 Å². The number of halogens is 1. The zero-order valence-electron chi connectivity index (χ0n) is 27.4. The van der Waals surface area contributed by atoms with Crippen LogP contribution >= 0.6 is 15.9 Å². The molecule has 5 rings (SSSR count). The van der Waals surface area contributed by atoms with Crippen LogP contribution < -0.4 is 5.32 Å². The number of nitrogens with zero attached hydrogens (tertiary/aromatic N) is 4. The lowest BCUT2D eigenvalue weighted by molar-refractivity contribution is -0.384. The second-order valence-corrected chi connectivity index (χ2v) is 12.2. The highest BCUT2D eigenvalue weighted by Crippen LogP contribution is 2.34. The number of nitro groups is 1. The summed E-state index contributed by atoms with van der Waals surface area (Å²) in [6.07, 6.45) is -7.36. The summed E-state index contributed by atoms with van der Waals surface area (Å²) >= 11 is 3.43. The maximum Gasteiger partial charge on any atom is 0.338 e. The Morgan fingerprint density at radius 3 is 2.08 bits per heavy atom. The lowest BCUT2D eigenvalue weighted by atomic mass is 9.95. The SMILES string of the molecule is CO[C@H]1O[C@H](CBr)[C@@H](OC(=O)c2ccccc2)[C@H](O[C@H]2C[C@@H](N=[N+]=[N-])[C@@H](OC(=O)c3ccc([N+](=O)[O-])cc3)[C@H](C)O2)[C@H]1NC(=O)c1ccccc1. The van der Waals surface area contributed by atoms with Gasteiger partial charge in [0.05, 0.1) is 28.2 Å². The number of benzene rings is 3. The Kier molecular flexibility index (Phi) is 12.7. The molecule has 2 saturated heterocycles. The average molecular weight is 769 g/mol. The van der Waals surface area contributed by atoms with Crippen LogP contribution in [-0.4, -0.2) is 90.4 Å². The Labute approximate surface area is 300 Å². The molecule has 9 atom stereocenters. The number of nitrogens with one attached hydrogen (secondary N) is 1. The fourth-order valence-electron chi connectivity index (χ4n) is 5.82. The minimum atomic E-state index is -1.14. The van der Waals surface area contributed by atoms with E-state index in [4.69, 9.17) is 28.4 Å². The van der Waals surface area contributed by atoms with Crippen molar-refractivity contribution in [2.75, 3.05) is 12.4 Å². The molecule has 0 radical (unpaired) electrons. The summed E-state index contributed by atoms with van der Waals surface area (Å²) in [6.45, 7) is 1.59. The number of hydrogen-bond acceptors (Lipinski definition) is 12. The molecule has 3 aromatic rings. The molecule has 0 aliphatic carbocycles. The van der Waals surface area contributed by atoms with Crippen molar-refractivity contribution in [2.45, 2.75) is 68.5 Å². The highest BCUT2D eigenvalue weighted by atomic mass is 79.9. The van der Waals surface area contributed by atoms with E-state index in [2.05, 4.69) is 31.3 Å². The minimum Gasteiger partial charge on any atom is -0.456 e. The van der Waals surface area contributed by atoms with Crippen molar-refractivity contribution in [2.24, 2.45) is 5.11 Å². The molecule has 1 N–H and O–H groups in total. The molecular weight excluding hydrogens is 734 g/mol. The van der Waals surface area contributed by atoms with Gasteiger partial charge in [-0.15, -0.1) is 0 Å². The van der Waals surface area contributed by atoms with Gasteiger partial charge in [-0.25, -0.2) is 9.59 Å². The van der Waals surface area contributed by atoms with E-state index >= 15 is 0 Å². The monoisotopic (exact) mass is 767 g/mol. The lowest BCUT2D eigenvalue weighted by Crippen LogP contribution is -2.67. The van der Waals surface area contributed by atoms with E-state index in [0.29, 0.717) is 5.56 Å². The highest BCUT2D eigenvalue weighted by Gasteiger charge is 2.52. The van der Waals surface area contributed by atoms with Crippen molar-refractivity contribution < 1.29 is 47.7 Å². The van der Waals surface area contributed by atoms with Crippen LogP contribution in [0.2, 0.25) is 0 Å². The molecule has 1 amide bonds. The van der Waals surface area contributed by atoms with Crippen molar-refractivity contribution in [3.8, 4) is 0 Å². The molecule has 51 heavy (non-hydrogen) atoms. The Morgan fingerprint density at radius 1 is 0.922 bits per heavy atom. The van der Waals surface area contributed by atoms with E-state index in [1.165, 1.54) is 31.4 Å². The number of alkyl halides is 1. The topological polar surface area (TPSA) is 211 Å². The third-order valence-corrected chi connectivity index (χ3v) is 8.96. The summed E-state index contributed by atoms with van der Waals surface area (Å²) in [5, 5.41) is 18.0. The second kappa shape index (κ2) is 17.4. The first-order valence-electron chi connectivity index (χ1n) is 15.8. The van der Waals surface area contributed by atoms with E-state index < -0.39 is 78.0 Å².